The van der Waals surface area contributed by atoms with E-state index in [0.29, 0.717) is 82.6 Å². The van der Waals surface area contributed by atoms with Crippen LogP contribution in [0.5, 0.6) is 11.5 Å². The summed E-state index contributed by atoms with van der Waals surface area (Å²) >= 11 is 0. The van der Waals surface area contributed by atoms with Gasteiger partial charge in [-0.05, 0) is 80.0 Å². The van der Waals surface area contributed by atoms with Gasteiger partial charge in [0.05, 0.1) is 24.9 Å². The molecule has 60 heavy (non-hydrogen) atoms. The van der Waals surface area contributed by atoms with Gasteiger partial charge in [0.25, 0.3) is 11.8 Å². The first-order chi connectivity index (χ1) is 29.0. The molecule has 1 aliphatic carbocycles. The number of aliphatic hydroxyl groups excluding tert-OH is 1. The van der Waals surface area contributed by atoms with Gasteiger partial charge in [0.1, 0.15) is 23.6 Å². The molecule has 4 fully saturated rings. The van der Waals surface area contributed by atoms with Crippen molar-refractivity contribution >= 4 is 23.5 Å². The minimum atomic E-state index is -0.955. The van der Waals surface area contributed by atoms with Gasteiger partial charge in [-0.2, -0.15) is 0 Å². The van der Waals surface area contributed by atoms with Crippen LogP contribution in [-0.4, -0.2) is 155 Å². The van der Waals surface area contributed by atoms with Crippen LogP contribution in [0.15, 0.2) is 36.4 Å². The van der Waals surface area contributed by atoms with Crippen LogP contribution in [0.25, 0.3) is 0 Å². The number of benzene rings is 2. The van der Waals surface area contributed by atoms with Crippen molar-refractivity contribution in [1.82, 2.24) is 19.6 Å². The van der Waals surface area contributed by atoms with Gasteiger partial charge in [0, 0.05) is 64.9 Å². The molecule has 4 aliphatic heterocycles. The van der Waals surface area contributed by atoms with Crippen LogP contribution in [0, 0.1) is 5.92 Å². The first kappa shape index (κ1) is 44.3. The highest BCUT2D eigenvalue weighted by Gasteiger charge is 2.43. The van der Waals surface area contributed by atoms with Crippen molar-refractivity contribution in [3.63, 3.8) is 0 Å². The second kappa shape index (κ2) is 20.4. The van der Waals surface area contributed by atoms with E-state index >= 15 is 0 Å². The first-order valence-electron chi connectivity index (χ1n) is 22.5. The molecule has 2 aromatic carbocycles. The Hall–Kier alpha value is -3.79. The average molecular weight is 834 g/mol. The maximum Gasteiger partial charge on any atom is 0.323 e. The summed E-state index contributed by atoms with van der Waals surface area (Å²) in [6.07, 6.45) is 8.74. The van der Waals surface area contributed by atoms with Gasteiger partial charge in [0.2, 0.25) is 0 Å². The fourth-order valence-corrected chi connectivity index (χ4v) is 10.1. The number of anilines is 1. The molecule has 3 atom stereocenters. The highest BCUT2D eigenvalue weighted by Crippen LogP contribution is 2.39. The lowest BCUT2D eigenvalue weighted by molar-refractivity contribution is -0.166. The molecule has 2 aromatic rings. The second-order valence-corrected chi connectivity index (χ2v) is 18.2. The van der Waals surface area contributed by atoms with Gasteiger partial charge in [-0.25, -0.2) is 0 Å². The number of morpholine rings is 1. The zero-order valence-corrected chi connectivity index (χ0v) is 35.7. The van der Waals surface area contributed by atoms with E-state index in [0.717, 1.165) is 64.0 Å². The molecular formula is C46H67N5O9. The number of aliphatic carboxylic acids is 1. The van der Waals surface area contributed by atoms with Crippen LogP contribution >= 0.6 is 0 Å². The number of carboxylic acid groups (broad SMARTS) is 1. The predicted octanol–water partition coefficient (Wildman–Crippen LogP) is 4.29. The van der Waals surface area contributed by atoms with E-state index in [1.165, 1.54) is 30.4 Å². The third-order valence-corrected chi connectivity index (χ3v) is 13.4. The molecule has 5 aliphatic rings. The quantitative estimate of drug-likeness (QED) is 0.168. The van der Waals surface area contributed by atoms with Crippen molar-refractivity contribution in [1.29, 1.82) is 0 Å². The highest BCUT2D eigenvalue weighted by molar-refractivity contribution is 5.97. The summed E-state index contributed by atoms with van der Waals surface area (Å²) in [6, 6.07) is 11.8. The number of nitrogens with one attached hydrogen (secondary N) is 1. The topological polar surface area (TPSA) is 165 Å². The Kier molecular flexibility index (Phi) is 15.0. The van der Waals surface area contributed by atoms with Crippen molar-refractivity contribution < 1.29 is 43.9 Å². The number of aromatic hydroxyl groups is 1. The number of nitrogens with zero attached hydrogens (tertiary/aromatic N) is 4. The van der Waals surface area contributed by atoms with Gasteiger partial charge in [0.15, 0.2) is 12.4 Å². The number of carbonyl (C=O) groups excluding carboxylic acids is 2. The number of rotatable bonds is 17. The molecule has 0 aromatic heterocycles. The number of phenolic OH excluding ortho intramolecular Hbond substituents is 1. The number of carboxylic acids is 1. The SMILES string of the molecule is CC(C)CC(O)C(=O)N1CCOC2(CCN(Cc3cccc(CCO[C@H]4CCN(CCN(CCc5ccc(O)c6c5OCC(=O)N6)C5CCCCC5)C4C(=O)O)c3)CC2)C1. The number of phenols is 1. The minimum absolute atomic E-state index is 0.00770. The zero-order chi connectivity index (χ0) is 42.2. The van der Waals surface area contributed by atoms with Crippen molar-refractivity contribution in [3.8, 4) is 11.5 Å². The van der Waals surface area contributed by atoms with Gasteiger partial charge >= 0.3 is 5.97 Å². The monoisotopic (exact) mass is 833 g/mol. The van der Waals surface area contributed by atoms with E-state index in [1.54, 1.807) is 11.0 Å². The van der Waals surface area contributed by atoms with E-state index in [-0.39, 0.29) is 41.8 Å². The fraction of sp³-hybridized carbons (Fsp3) is 0.674. The number of hydrogen-bond donors (Lipinski definition) is 4. The van der Waals surface area contributed by atoms with Crippen LogP contribution in [0.2, 0.25) is 0 Å². The first-order valence-corrected chi connectivity index (χ1v) is 22.5. The summed E-state index contributed by atoms with van der Waals surface area (Å²) in [6.45, 7) is 11.3. The molecule has 0 bridgehead atoms. The Morgan fingerprint density at radius 3 is 2.55 bits per heavy atom. The summed E-state index contributed by atoms with van der Waals surface area (Å²) < 4.78 is 18.4. The van der Waals surface area contributed by atoms with Crippen LogP contribution in [0.1, 0.15) is 88.3 Å². The standard InChI is InChI=1S/C46H67N5O9/c1-32(2)27-38(53)44(55)51-24-26-60-46(31-51)16-20-48(21-17-46)29-34-8-6-7-33(28-34)15-25-58-39-14-19-50(42(39)45(56)57)23-22-49(36-9-4-3-5-10-36)18-13-35-11-12-37(52)41-43(35)59-30-40(54)47-41/h6-8,11-12,28,32,36,38-39,42,52-53H,3-5,9-10,13-27,29-31H2,1-2H3,(H,47,54)(H,56,57)/t38?,39-,42?/m0/s1. The molecule has 4 heterocycles. The van der Waals surface area contributed by atoms with Gasteiger partial charge in [-0.1, -0.05) is 63.4 Å². The lowest BCUT2D eigenvalue weighted by Crippen LogP contribution is -2.59. The third kappa shape index (κ3) is 11.2. The molecule has 14 heteroatoms. The Labute approximate surface area is 355 Å². The largest absolute Gasteiger partial charge is 0.506 e. The average Bonchev–Trinajstić information content (AvgIpc) is 3.65. The maximum atomic E-state index is 13.0. The number of amides is 2. The molecule has 1 saturated carbocycles. The Morgan fingerprint density at radius 2 is 1.78 bits per heavy atom. The third-order valence-electron chi connectivity index (χ3n) is 13.4. The number of aliphatic hydroxyl groups is 1. The smallest absolute Gasteiger partial charge is 0.323 e. The molecular weight excluding hydrogens is 767 g/mol. The highest BCUT2D eigenvalue weighted by atomic mass is 16.5. The van der Waals surface area contributed by atoms with E-state index in [9.17, 15) is 29.7 Å². The molecule has 0 radical (unpaired) electrons. The lowest BCUT2D eigenvalue weighted by Gasteiger charge is -2.47. The van der Waals surface area contributed by atoms with Crippen molar-refractivity contribution in [3.05, 3.63) is 53.1 Å². The van der Waals surface area contributed by atoms with Gasteiger partial charge in [-0.3, -0.25) is 29.1 Å². The molecule has 330 valence electrons. The molecule has 4 N–H and O–H groups in total. The summed E-state index contributed by atoms with van der Waals surface area (Å²) in [5.41, 5.74) is 3.30. The van der Waals surface area contributed by atoms with E-state index in [1.807, 2.05) is 19.9 Å². The van der Waals surface area contributed by atoms with E-state index in [2.05, 4.69) is 44.3 Å². The summed E-state index contributed by atoms with van der Waals surface area (Å²) in [5, 5.41) is 34.0. The molecule has 1 spiro atoms. The zero-order valence-electron chi connectivity index (χ0n) is 35.7. The summed E-state index contributed by atoms with van der Waals surface area (Å²) in [7, 11) is 0. The normalized spacial score (nSPS) is 23.1. The number of carbonyl (C=O) groups is 3. The molecule has 3 saturated heterocycles. The Balaban J connectivity index is 0.877. The van der Waals surface area contributed by atoms with E-state index < -0.39 is 18.1 Å². The maximum absolute atomic E-state index is 13.0. The van der Waals surface area contributed by atoms with Crippen molar-refractivity contribution in [2.45, 2.75) is 121 Å². The minimum Gasteiger partial charge on any atom is -0.506 e. The van der Waals surface area contributed by atoms with Crippen molar-refractivity contribution in [2.75, 3.05) is 77.5 Å². The van der Waals surface area contributed by atoms with Crippen LogP contribution < -0.4 is 10.1 Å². The second-order valence-electron chi connectivity index (χ2n) is 18.2. The van der Waals surface area contributed by atoms with Crippen LogP contribution in [0.4, 0.5) is 5.69 Å². The number of ether oxygens (including phenoxy) is 3. The summed E-state index contributed by atoms with van der Waals surface area (Å²) in [5.74, 6) is -0.530. The Bertz CT molecular complexity index is 1780. The van der Waals surface area contributed by atoms with Gasteiger partial charge in [-0.15, -0.1) is 0 Å². The predicted molar refractivity (Wildman–Crippen MR) is 227 cm³/mol. The van der Waals surface area contributed by atoms with E-state index in [4.69, 9.17) is 14.2 Å². The molecule has 14 nitrogen and oxygen atoms in total. The number of fused-ring (bicyclic) bond motifs is 1. The molecule has 7 rings (SSSR count). The number of hydrogen-bond acceptors (Lipinski definition) is 11. The van der Waals surface area contributed by atoms with Crippen molar-refractivity contribution in [2.24, 2.45) is 5.92 Å². The fourth-order valence-electron chi connectivity index (χ4n) is 10.1. The lowest BCUT2D eigenvalue weighted by atomic mass is 9.88. The number of piperidine rings is 1. The van der Waals surface area contributed by atoms with Crippen LogP contribution in [-0.2, 0) is 43.2 Å². The van der Waals surface area contributed by atoms with Crippen LogP contribution in [0.3, 0.4) is 0 Å². The number of likely N-dealkylation sites (tertiary alicyclic amines) is 2. The summed E-state index contributed by atoms with van der Waals surface area (Å²) in [4.78, 5) is 46.4. The molecule has 2 amide bonds. The molecule has 2 unspecified atom stereocenters. The van der Waals surface area contributed by atoms with Gasteiger partial charge < -0.3 is 39.7 Å². The Morgan fingerprint density at radius 1 is 1.00 bits per heavy atom.